The maximum atomic E-state index is 13.6. The Kier molecular flexibility index (Phi) is 15.2. The first kappa shape index (κ1) is 44.6. The molecule has 0 spiro atoms. The summed E-state index contributed by atoms with van der Waals surface area (Å²) in [4.78, 5) is 40.1. The molecule has 4 atom stereocenters. The van der Waals surface area contributed by atoms with Gasteiger partial charge in [0.1, 0.15) is 11.6 Å². The molecule has 0 N–H and O–H groups in total. The standard InChI is InChI=1S/2C26H26ClFN2O/c2*1-18(19-9-13-23(28)14-10-19)16-25(31)30(17-24-4-2-3-15-29-24)26(20-5-6-20)21-7-11-22(27)12-8-21/h2*2-4,7-15,18,20,26H,5-6,16-17H2,1H3/t18-,26+;18-,26-/m11/s1. The van der Waals surface area contributed by atoms with Gasteiger partial charge in [-0.3, -0.25) is 19.6 Å². The molecule has 0 aliphatic heterocycles. The van der Waals surface area contributed by atoms with Crippen molar-refractivity contribution in [1.82, 2.24) is 19.8 Å². The van der Waals surface area contributed by atoms with Crippen LogP contribution in [0.3, 0.4) is 0 Å². The molecule has 0 unspecified atom stereocenters. The van der Waals surface area contributed by atoms with Crippen LogP contribution < -0.4 is 0 Å². The van der Waals surface area contributed by atoms with Gasteiger partial charge in [0.15, 0.2) is 0 Å². The number of amides is 2. The number of aromatic nitrogens is 2. The van der Waals surface area contributed by atoms with Crippen molar-refractivity contribution >= 4 is 35.0 Å². The van der Waals surface area contributed by atoms with Crippen LogP contribution in [0.4, 0.5) is 8.78 Å². The normalized spacial score (nSPS) is 15.3. The van der Waals surface area contributed by atoms with Crippen LogP contribution in [0.2, 0.25) is 10.0 Å². The van der Waals surface area contributed by atoms with E-state index in [-0.39, 0.29) is 47.4 Å². The van der Waals surface area contributed by atoms with E-state index >= 15 is 0 Å². The highest BCUT2D eigenvalue weighted by Gasteiger charge is 2.40. The summed E-state index contributed by atoms with van der Waals surface area (Å²) in [7, 11) is 0. The maximum absolute atomic E-state index is 13.6. The van der Waals surface area contributed by atoms with E-state index in [1.807, 2.05) is 109 Å². The fraction of sp³-hybridized carbons (Fsp3) is 0.308. The number of pyridine rings is 2. The highest BCUT2D eigenvalue weighted by Crippen LogP contribution is 2.47. The topological polar surface area (TPSA) is 66.4 Å². The SMILES string of the molecule is C[C@H](CC(=O)N(Cc1ccccn1)[C@@H](c1ccc(Cl)cc1)C1CC1)c1ccc(F)cc1.C[C@H](CC(=O)N(Cc1ccccn1)[C@H](c1ccc(Cl)cc1)C1CC1)c1ccc(F)cc1. The Morgan fingerprint density at radius 3 is 1.18 bits per heavy atom. The number of hydrogen-bond acceptors (Lipinski definition) is 4. The molecule has 6 aromatic rings. The van der Waals surface area contributed by atoms with Gasteiger partial charge in [-0.2, -0.15) is 0 Å². The van der Waals surface area contributed by atoms with Crippen LogP contribution in [0.15, 0.2) is 146 Å². The molecule has 6 nitrogen and oxygen atoms in total. The van der Waals surface area contributed by atoms with Gasteiger partial charge in [-0.25, -0.2) is 8.78 Å². The zero-order valence-corrected chi connectivity index (χ0v) is 36.6. The average Bonchev–Trinajstić information content (AvgIpc) is 4.23. The third kappa shape index (κ3) is 12.4. The summed E-state index contributed by atoms with van der Waals surface area (Å²) in [5, 5.41) is 1.37. The first-order chi connectivity index (χ1) is 30.0. The van der Waals surface area contributed by atoms with E-state index in [2.05, 4.69) is 9.97 Å². The van der Waals surface area contributed by atoms with Crippen LogP contribution in [-0.2, 0) is 22.7 Å². The number of benzene rings is 4. The van der Waals surface area contributed by atoms with Crippen LogP contribution in [0.1, 0.15) is 110 Å². The van der Waals surface area contributed by atoms with Gasteiger partial charge in [-0.1, -0.05) is 97.7 Å². The molecule has 2 aromatic heterocycles. The molecule has 2 fully saturated rings. The molecule has 8 rings (SSSR count). The van der Waals surface area contributed by atoms with Crippen molar-refractivity contribution in [3.63, 3.8) is 0 Å². The minimum absolute atomic E-state index is 0.00723. The summed E-state index contributed by atoms with van der Waals surface area (Å²) in [5.74, 6) is 0.480. The van der Waals surface area contributed by atoms with Crippen LogP contribution in [0, 0.1) is 23.5 Å². The molecule has 2 amide bonds. The van der Waals surface area contributed by atoms with E-state index in [0.717, 1.165) is 59.3 Å². The first-order valence-corrected chi connectivity index (χ1v) is 22.2. The summed E-state index contributed by atoms with van der Waals surface area (Å²) in [6.07, 6.45) is 8.64. The van der Waals surface area contributed by atoms with Crippen molar-refractivity contribution in [1.29, 1.82) is 0 Å². The van der Waals surface area contributed by atoms with Crippen molar-refractivity contribution in [3.05, 3.63) is 201 Å². The molecule has 4 aromatic carbocycles. The van der Waals surface area contributed by atoms with E-state index in [0.29, 0.717) is 47.8 Å². The third-order valence-electron chi connectivity index (χ3n) is 11.8. The number of hydrogen-bond donors (Lipinski definition) is 0. The Hall–Kier alpha value is -5.44. The van der Waals surface area contributed by atoms with E-state index in [1.165, 1.54) is 24.3 Å². The molecule has 2 aliphatic carbocycles. The van der Waals surface area contributed by atoms with Gasteiger partial charge in [0.05, 0.1) is 36.6 Å². The van der Waals surface area contributed by atoms with Crippen LogP contribution >= 0.6 is 23.2 Å². The molecule has 10 heteroatoms. The zero-order chi connectivity index (χ0) is 43.6. The van der Waals surface area contributed by atoms with Crippen molar-refractivity contribution in [2.24, 2.45) is 11.8 Å². The third-order valence-corrected chi connectivity index (χ3v) is 12.3. The Morgan fingerprint density at radius 2 is 0.871 bits per heavy atom. The second kappa shape index (κ2) is 21.1. The predicted octanol–water partition coefficient (Wildman–Crippen LogP) is 13.1. The number of carbonyl (C=O) groups is 2. The smallest absolute Gasteiger partial charge is 0.224 e. The Labute approximate surface area is 373 Å². The molecular weight excluding hydrogens is 821 g/mol. The van der Waals surface area contributed by atoms with Crippen molar-refractivity contribution in [2.45, 2.75) is 89.4 Å². The van der Waals surface area contributed by atoms with E-state index in [4.69, 9.17) is 23.2 Å². The van der Waals surface area contributed by atoms with Gasteiger partial charge < -0.3 is 9.80 Å². The van der Waals surface area contributed by atoms with Gasteiger partial charge in [-0.15, -0.1) is 0 Å². The first-order valence-electron chi connectivity index (χ1n) is 21.4. The van der Waals surface area contributed by atoms with Gasteiger partial charge in [0, 0.05) is 35.3 Å². The summed E-state index contributed by atoms with van der Waals surface area (Å²) >= 11 is 12.2. The fourth-order valence-electron chi connectivity index (χ4n) is 8.15. The average molecular weight is 874 g/mol. The molecule has 0 saturated heterocycles. The highest BCUT2D eigenvalue weighted by molar-refractivity contribution is 6.30. The van der Waals surface area contributed by atoms with Crippen LogP contribution in [0.25, 0.3) is 0 Å². The summed E-state index contributed by atoms with van der Waals surface area (Å²) in [6.45, 7) is 4.94. The second-order valence-corrected chi connectivity index (χ2v) is 17.5. The molecular formula is C52H52Cl2F2N4O2. The Morgan fingerprint density at radius 1 is 0.532 bits per heavy atom. The van der Waals surface area contributed by atoms with E-state index < -0.39 is 0 Å². The zero-order valence-electron chi connectivity index (χ0n) is 35.1. The molecule has 0 bridgehead atoms. The Balaban J connectivity index is 0.000000186. The van der Waals surface area contributed by atoms with Crippen molar-refractivity contribution < 1.29 is 18.4 Å². The van der Waals surface area contributed by atoms with Gasteiger partial charge in [-0.05, 0) is 144 Å². The number of carbonyl (C=O) groups excluding carboxylic acids is 2. The summed E-state index contributed by atoms with van der Waals surface area (Å²) < 4.78 is 26.6. The molecule has 2 aliphatic rings. The lowest BCUT2D eigenvalue weighted by atomic mass is 9.95. The lowest BCUT2D eigenvalue weighted by molar-refractivity contribution is -0.136. The lowest BCUT2D eigenvalue weighted by Gasteiger charge is -2.33. The van der Waals surface area contributed by atoms with Gasteiger partial charge in [0.2, 0.25) is 11.8 Å². The van der Waals surface area contributed by atoms with Gasteiger partial charge >= 0.3 is 0 Å². The summed E-state index contributed by atoms with van der Waals surface area (Å²) in [5.41, 5.74) is 5.86. The van der Waals surface area contributed by atoms with Crippen LogP contribution in [0.5, 0.6) is 0 Å². The predicted molar refractivity (Wildman–Crippen MR) is 242 cm³/mol. The van der Waals surface area contributed by atoms with Crippen molar-refractivity contribution in [3.8, 4) is 0 Å². The number of nitrogens with zero attached hydrogens (tertiary/aromatic N) is 4. The molecule has 320 valence electrons. The molecule has 2 saturated carbocycles. The fourth-order valence-corrected chi connectivity index (χ4v) is 8.40. The number of rotatable bonds is 16. The second-order valence-electron chi connectivity index (χ2n) is 16.7. The monoisotopic (exact) mass is 872 g/mol. The molecule has 0 radical (unpaired) electrons. The molecule has 2 heterocycles. The minimum Gasteiger partial charge on any atom is -0.329 e. The van der Waals surface area contributed by atoms with Gasteiger partial charge in [0.25, 0.3) is 0 Å². The minimum atomic E-state index is -0.268. The summed E-state index contributed by atoms with van der Waals surface area (Å²) in [6, 6.07) is 40.0. The Bertz CT molecular complexity index is 2180. The maximum Gasteiger partial charge on any atom is 0.224 e. The number of halogens is 4. The largest absolute Gasteiger partial charge is 0.329 e. The molecule has 62 heavy (non-hydrogen) atoms. The van der Waals surface area contributed by atoms with Crippen molar-refractivity contribution in [2.75, 3.05) is 0 Å². The quantitative estimate of drug-likeness (QED) is 0.0972. The highest BCUT2D eigenvalue weighted by atomic mass is 35.5. The lowest BCUT2D eigenvalue weighted by Crippen LogP contribution is -2.36. The van der Waals surface area contributed by atoms with E-state index in [1.54, 1.807) is 36.7 Å². The van der Waals surface area contributed by atoms with E-state index in [9.17, 15) is 18.4 Å². The van der Waals surface area contributed by atoms with Crippen LogP contribution in [-0.4, -0.2) is 31.6 Å².